The van der Waals surface area contributed by atoms with Crippen molar-refractivity contribution in [3.8, 4) is 0 Å². The number of carbonyl (C=O) groups excluding carboxylic acids is 1. The largest absolute Gasteiger partial charge is 0.452 e. The summed E-state index contributed by atoms with van der Waals surface area (Å²) < 4.78 is 58.3. The van der Waals surface area contributed by atoms with Crippen LogP contribution in [0.1, 0.15) is 29.4 Å². The van der Waals surface area contributed by atoms with Crippen LogP contribution in [0.3, 0.4) is 0 Å². The van der Waals surface area contributed by atoms with Gasteiger partial charge in [0.1, 0.15) is 5.69 Å². The number of hydrogen-bond acceptors (Lipinski definition) is 6. The van der Waals surface area contributed by atoms with Crippen molar-refractivity contribution in [1.82, 2.24) is 9.97 Å². The quantitative estimate of drug-likeness (QED) is 0.572. The van der Waals surface area contributed by atoms with Gasteiger partial charge in [-0.3, -0.25) is 4.79 Å². The van der Waals surface area contributed by atoms with Crippen LogP contribution in [0.5, 0.6) is 0 Å². The Kier molecular flexibility index (Phi) is 5.35. The molecule has 154 valence electrons. The Balaban J connectivity index is 1.91. The molecule has 1 aliphatic rings. The number of amidine groups is 1. The first-order valence-corrected chi connectivity index (χ1v) is 8.53. The molecule has 2 aromatic heterocycles. The minimum atomic E-state index is -4.72. The van der Waals surface area contributed by atoms with Crippen LogP contribution < -0.4 is 11.1 Å². The maximum Gasteiger partial charge on any atom is 0.425 e. The normalized spacial score (nSPS) is 21.9. The van der Waals surface area contributed by atoms with Crippen molar-refractivity contribution in [3.05, 3.63) is 52.8 Å². The van der Waals surface area contributed by atoms with Gasteiger partial charge in [-0.2, -0.15) is 17.6 Å². The number of anilines is 1. The molecule has 1 amide bonds. The zero-order valence-corrected chi connectivity index (χ0v) is 15.6. The van der Waals surface area contributed by atoms with E-state index in [0.29, 0.717) is 5.02 Å². The highest BCUT2D eigenvalue weighted by molar-refractivity contribution is 6.30. The zero-order chi connectivity index (χ0) is 21.4. The van der Waals surface area contributed by atoms with E-state index in [2.05, 4.69) is 25.0 Å². The van der Waals surface area contributed by atoms with Gasteiger partial charge in [0.25, 0.3) is 11.9 Å². The molecule has 3 rings (SSSR count). The van der Waals surface area contributed by atoms with E-state index in [4.69, 9.17) is 17.3 Å². The molecular weight excluding hydrogens is 418 g/mol. The molecule has 1 aliphatic heterocycles. The SMILES string of the molecule is C[C@@]1(c2cc(NC(=O)c3ccc(Cl)cn3)cnc2F)C[C@@H](C(F)(F)F)OC(N)=N1. The van der Waals surface area contributed by atoms with Crippen molar-refractivity contribution in [1.29, 1.82) is 0 Å². The molecule has 0 aliphatic carbocycles. The number of nitrogens with zero attached hydrogens (tertiary/aromatic N) is 3. The molecule has 0 radical (unpaired) electrons. The van der Waals surface area contributed by atoms with Gasteiger partial charge in [0.05, 0.1) is 22.4 Å². The molecule has 0 unspecified atom stereocenters. The van der Waals surface area contributed by atoms with Gasteiger partial charge in [-0.05, 0) is 25.1 Å². The molecule has 0 fully saturated rings. The predicted molar refractivity (Wildman–Crippen MR) is 95.9 cm³/mol. The third kappa shape index (κ3) is 4.56. The van der Waals surface area contributed by atoms with E-state index in [-0.39, 0.29) is 16.9 Å². The lowest BCUT2D eigenvalue weighted by molar-refractivity contribution is -0.208. The van der Waals surface area contributed by atoms with Gasteiger partial charge in [0.2, 0.25) is 5.95 Å². The summed E-state index contributed by atoms with van der Waals surface area (Å²) in [5.74, 6) is -1.69. The van der Waals surface area contributed by atoms with Crippen LogP contribution in [0, 0.1) is 5.95 Å². The smallest absolute Gasteiger partial charge is 0.425 e. The van der Waals surface area contributed by atoms with Crippen molar-refractivity contribution < 1.29 is 27.1 Å². The summed E-state index contributed by atoms with van der Waals surface area (Å²) in [4.78, 5) is 23.5. The van der Waals surface area contributed by atoms with Crippen LogP contribution in [0.4, 0.5) is 23.2 Å². The molecule has 29 heavy (non-hydrogen) atoms. The summed E-state index contributed by atoms with van der Waals surface area (Å²) in [6, 6.07) is 3.25. The number of nitrogens with one attached hydrogen (secondary N) is 1. The summed E-state index contributed by atoms with van der Waals surface area (Å²) >= 11 is 5.71. The number of alkyl halides is 3. The summed E-state index contributed by atoms with van der Waals surface area (Å²) in [6.07, 6.45) is -5.42. The Hall–Kier alpha value is -2.95. The number of carbonyl (C=O) groups is 1. The van der Waals surface area contributed by atoms with E-state index in [0.717, 1.165) is 12.3 Å². The first kappa shape index (κ1) is 20.8. The monoisotopic (exact) mass is 431 g/mol. The molecular formula is C17H14ClF4N5O2. The van der Waals surface area contributed by atoms with Gasteiger partial charge in [-0.25, -0.2) is 15.0 Å². The molecule has 3 heterocycles. The molecule has 0 spiro atoms. The van der Waals surface area contributed by atoms with E-state index < -0.39 is 42.1 Å². The average Bonchev–Trinajstić information content (AvgIpc) is 2.62. The number of aromatic nitrogens is 2. The number of pyridine rings is 2. The lowest BCUT2D eigenvalue weighted by atomic mass is 9.86. The van der Waals surface area contributed by atoms with Crippen LogP contribution >= 0.6 is 11.6 Å². The standard InChI is InChI=1S/C17H14ClF4N5O2/c1-16(5-12(17(20,21)22)29-15(23)27-16)10-4-9(7-25-13(10)19)26-14(28)11-3-2-8(18)6-24-11/h2-4,6-7,12H,5H2,1H3,(H2,23,27)(H,26,28)/t12-,16-/m0/s1. The van der Waals surface area contributed by atoms with E-state index in [9.17, 15) is 22.4 Å². The lowest BCUT2D eigenvalue weighted by Crippen LogP contribution is -2.46. The van der Waals surface area contributed by atoms with E-state index in [1.807, 2.05) is 0 Å². The first-order chi connectivity index (χ1) is 13.5. The van der Waals surface area contributed by atoms with Gasteiger partial charge in [-0.15, -0.1) is 0 Å². The van der Waals surface area contributed by atoms with Crippen LogP contribution in [0.2, 0.25) is 5.02 Å². The van der Waals surface area contributed by atoms with Gasteiger partial charge in [0, 0.05) is 18.2 Å². The van der Waals surface area contributed by atoms with Crippen LogP contribution in [0.25, 0.3) is 0 Å². The van der Waals surface area contributed by atoms with Crippen LogP contribution in [-0.4, -0.2) is 34.2 Å². The van der Waals surface area contributed by atoms with Crippen molar-refractivity contribution in [2.45, 2.75) is 31.2 Å². The molecule has 7 nitrogen and oxygen atoms in total. The van der Waals surface area contributed by atoms with Crippen molar-refractivity contribution >= 4 is 29.2 Å². The number of ether oxygens (including phenoxy) is 1. The number of halogens is 5. The third-order valence-electron chi connectivity index (χ3n) is 4.21. The molecule has 0 saturated heterocycles. The van der Waals surface area contributed by atoms with Gasteiger partial charge < -0.3 is 15.8 Å². The number of aliphatic imine (C=N–C) groups is 1. The molecule has 2 aromatic rings. The third-order valence-corrected chi connectivity index (χ3v) is 4.43. The Morgan fingerprint density at radius 2 is 2.07 bits per heavy atom. The zero-order valence-electron chi connectivity index (χ0n) is 14.8. The molecule has 12 heteroatoms. The number of amides is 1. The van der Waals surface area contributed by atoms with Crippen LogP contribution in [0.15, 0.2) is 35.6 Å². The van der Waals surface area contributed by atoms with Crippen molar-refractivity contribution in [2.75, 3.05) is 5.32 Å². The van der Waals surface area contributed by atoms with E-state index in [1.165, 1.54) is 25.3 Å². The van der Waals surface area contributed by atoms with Gasteiger partial charge in [0.15, 0.2) is 6.10 Å². The molecule has 0 aromatic carbocycles. The predicted octanol–water partition coefficient (Wildman–Crippen LogP) is 3.40. The van der Waals surface area contributed by atoms with Crippen LogP contribution in [-0.2, 0) is 10.3 Å². The highest BCUT2D eigenvalue weighted by Gasteiger charge is 2.50. The maximum absolute atomic E-state index is 14.4. The van der Waals surface area contributed by atoms with Gasteiger partial charge in [-0.1, -0.05) is 11.6 Å². The second kappa shape index (κ2) is 7.47. The van der Waals surface area contributed by atoms with Gasteiger partial charge >= 0.3 is 6.18 Å². The Labute approximate surface area is 167 Å². The molecule has 0 saturated carbocycles. The average molecular weight is 432 g/mol. The lowest BCUT2D eigenvalue weighted by Gasteiger charge is -2.35. The highest BCUT2D eigenvalue weighted by atomic mass is 35.5. The Morgan fingerprint density at radius 1 is 1.34 bits per heavy atom. The Morgan fingerprint density at radius 3 is 2.69 bits per heavy atom. The first-order valence-electron chi connectivity index (χ1n) is 8.15. The maximum atomic E-state index is 14.4. The number of nitrogens with two attached hydrogens (primary N) is 1. The Bertz CT molecular complexity index is 967. The number of hydrogen-bond donors (Lipinski definition) is 2. The van der Waals surface area contributed by atoms with E-state index >= 15 is 0 Å². The summed E-state index contributed by atoms with van der Waals surface area (Å²) in [5.41, 5.74) is 3.46. The minimum absolute atomic E-state index is 0.0250. The minimum Gasteiger partial charge on any atom is -0.452 e. The number of rotatable bonds is 3. The molecule has 0 bridgehead atoms. The fourth-order valence-electron chi connectivity index (χ4n) is 2.82. The van der Waals surface area contributed by atoms with Crippen molar-refractivity contribution in [3.63, 3.8) is 0 Å². The highest BCUT2D eigenvalue weighted by Crippen LogP contribution is 2.40. The fraction of sp³-hybridized carbons (Fsp3) is 0.294. The summed E-state index contributed by atoms with van der Waals surface area (Å²) in [7, 11) is 0. The molecule has 3 N–H and O–H groups in total. The fourth-order valence-corrected chi connectivity index (χ4v) is 2.93. The summed E-state index contributed by atoms with van der Waals surface area (Å²) in [5, 5.41) is 2.78. The summed E-state index contributed by atoms with van der Waals surface area (Å²) in [6.45, 7) is 1.27. The second-order valence-corrected chi connectivity index (χ2v) is 6.89. The topological polar surface area (TPSA) is 102 Å². The molecule has 2 atom stereocenters. The van der Waals surface area contributed by atoms with Crippen molar-refractivity contribution in [2.24, 2.45) is 10.7 Å². The second-order valence-electron chi connectivity index (χ2n) is 6.45. The van der Waals surface area contributed by atoms with E-state index in [1.54, 1.807) is 0 Å².